The number of hydrazine groups is 1. The van der Waals surface area contributed by atoms with Crippen molar-refractivity contribution in [1.29, 1.82) is 0 Å². The molecule has 2 nitrogen and oxygen atoms in total. The van der Waals surface area contributed by atoms with Gasteiger partial charge in [0.05, 0.1) is 0 Å². The molecule has 0 aliphatic heterocycles. The maximum absolute atomic E-state index is 3.38. The lowest BCUT2D eigenvalue weighted by Gasteiger charge is -2.07. The van der Waals surface area contributed by atoms with Crippen LogP contribution in [0.5, 0.6) is 0 Å². The third-order valence-corrected chi connectivity index (χ3v) is 5.59. The van der Waals surface area contributed by atoms with Gasteiger partial charge in [0.1, 0.15) is 0 Å². The fourth-order valence-corrected chi connectivity index (χ4v) is 3.63. The second-order valence-electron chi connectivity index (χ2n) is 8.56. The average Bonchev–Trinajstić information content (AvgIpc) is 2.71. The molecule has 0 fully saturated rings. The van der Waals surface area contributed by atoms with E-state index in [2.05, 4.69) is 36.9 Å². The van der Waals surface area contributed by atoms with E-state index in [-0.39, 0.29) is 0 Å². The summed E-state index contributed by atoms with van der Waals surface area (Å²) in [6, 6.07) is 0. The van der Waals surface area contributed by atoms with Crippen LogP contribution in [0.2, 0.25) is 0 Å². The number of allylic oxidation sites excluding steroid dienone is 2. The van der Waals surface area contributed by atoms with Crippen molar-refractivity contribution in [3.8, 4) is 0 Å². The largest absolute Gasteiger partial charge is 0.258 e. The van der Waals surface area contributed by atoms with Crippen LogP contribution in [-0.2, 0) is 0 Å². The lowest BCUT2D eigenvalue weighted by Crippen LogP contribution is -2.33. The molecule has 0 saturated carbocycles. The van der Waals surface area contributed by atoms with Gasteiger partial charge in [-0.1, -0.05) is 116 Å². The van der Waals surface area contributed by atoms with Crippen LogP contribution in [0.4, 0.5) is 0 Å². The van der Waals surface area contributed by atoms with Gasteiger partial charge in [-0.25, -0.2) is 0 Å². The normalized spacial score (nSPS) is 11.6. The molecule has 0 aromatic carbocycles. The molecule has 2 heteroatoms. The zero-order chi connectivity index (χ0) is 20.4. The van der Waals surface area contributed by atoms with E-state index in [0.29, 0.717) is 0 Å². The first-order valence-corrected chi connectivity index (χ1v) is 13.0. The van der Waals surface area contributed by atoms with Crippen molar-refractivity contribution in [2.45, 2.75) is 142 Å². The van der Waals surface area contributed by atoms with Gasteiger partial charge in [0.2, 0.25) is 0 Å². The third-order valence-electron chi connectivity index (χ3n) is 5.59. The van der Waals surface area contributed by atoms with Crippen LogP contribution in [0.25, 0.3) is 0 Å². The lowest BCUT2D eigenvalue weighted by atomic mass is 10.1. The monoisotopic (exact) mass is 394 g/mol. The van der Waals surface area contributed by atoms with Crippen molar-refractivity contribution in [2.75, 3.05) is 13.1 Å². The SMILES string of the molecule is CCCCCCCC/C=C\CCCCCCCCNNCCCCCCCC. The Bertz CT molecular complexity index is 288. The van der Waals surface area contributed by atoms with E-state index in [1.54, 1.807) is 0 Å². The molecule has 0 aromatic heterocycles. The Labute approximate surface area is 178 Å². The van der Waals surface area contributed by atoms with Gasteiger partial charge in [0, 0.05) is 13.1 Å². The Hall–Kier alpha value is -0.340. The summed E-state index contributed by atoms with van der Waals surface area (Å²) in [5, 5.41) is 0. The van der Waals surface area contributed by atoms with Crippen LogP contribution >= 0.6 is 0 Å². The van der Waals surface area contributed by atoms with Crippen molar-refractivity contribution in [2.24, 2.45) is 0 Å². The lowest BCUT2D eigenvalue weighted by molar-refractivity contribution is 0.480. The third kappa shape index (κ3) is 25.7. The van der Waals surface area contributed by atoms with Crippen molar-refractivity contribution in [1.82, 2.24) is 10.9 Å². The number of unbranched alkanes of at least 4 members (excludes halogenated alkanes) is 17. The van der Waals surface area contributed by atoms with Crippen LogP contribution in [-0.4, -0.2) is 13.1 Å². The standard InChI is InChI=1S/C26H54N2/c1-3-5-7-9-11-12-13-14-15-16-17-18-19-20-22-24-26-28-27-25-23-21-10-8-6-4-2/h14-15,27-28H,3-13,16-26H2,1-2H3/b15-14-. The predicted octanol–water partition coefficient (Wildman–Crippen LogP) is 8.48. The molecule has 0 aliphatic carbocycles. The van der Waals surface area contributed by atoms with E-state index < -0.39 is 0 Å². The first kappa shape index (κ1) is 27.7. The van der Waals surface area contributed by atoms with Gasteiger partial charge < -0.3 is 0 Å². The minimum Gasteiger partial charge on any atom is -0.258 e. The predicted molar refractivity (Wildman–Crippen MR) is 129 cm³/mol. The van der Waals surface area contributed by atoms with Gasteiger partial charge in [-0.05, 0) is 38.5 Å². The van der Waals surface area contributed by atoms with Crippen LogP contribution in [0.15, 0.2) is 12.2 Å². The van der Waals surface area contributed by atoms with E-state index in [9.17, 15) is 0 Å². The minimum absolute atomic E-state index is 1.12. The summed E-state index contributed by atoms with van der Waals surface area (Å²) in [6.45, 7) is 6.81. The van der Waals surface area contributed by atoms with E-state index in [1.165, 1.54) is 128 Å². The van der Waals surface area contributed by atoms with Gasteiger partial charge >= 0.3 is 0 Å². The Morgan fingerprint density at radius 1 is 0.393 bits per heavy atom. The van der Waals surface area contributed by atoms with Gasteiger partial charge in [0.15, 0.2) is 0 Å². The summed E-state index contributed by atoms with van der Waals surface area (Å²) in [5.41, 5.74) is 6.75. The van der Waals surface area contributed by atoms with Crippen molar-refractivity contribution >= 4 is 0 Å². The Kier molecular flexibility index (Phi) is 26.3. The second-order valence-corrected chi connectivity index (χ2v) is 8.56. The second kappa shape index (κ2) is 26.7. The summed E-state index contributed by atoms with van der Waals surface area (Å²) in [7, 11) is 0. The molecule has 0 atom stereocenters. The molecule has 2 N–H and O–H groups in total. The highest BCUT2D eigenvalue weighted by Crippen LogP contribution is 2.09. The summed E-state index contributed by atoms with van der Waals surface area (Å²) >= 11 is 0. The molecule has 0 rings (SSSR count). The number of hydrogen-bond acceptors (Lipinski definition) is 2. The molecule has 0 aliphatic rings. The number of hydrogen-bond donors (Lipinski definition) is 2. The van der Waals surface area contributed by atoms with E-state index in [4.69, 9.17) is 0 Å². The number of rotatable bonds is 24. The molecule has 28 heavy (non-hydrogen) atoms. The van der Waals surface area contributed by atoms with Crippen LogP contribution in [0.3, 0.4) is 0 Å². The van der Waals surface area contributed by atoms with Crippen LogP contribution in [0.1, 0.15) is 142 Å². The highest BCUT2D eigenvalue weighted by atomic mass is 15.3. The first-order valence-electron chi connectivity index (χ1n) is 13.0. The molecule has 0 radical (unpaired) electrons. The quantitative estimate of drug-likeness (QED) is 0.0974. The van der Waals surface area contributed by atoms with E-state index in [1.807, 2.05) is 0 Å². The molecule has 168 valence electrons. The Morgan fingerprint density at radius 2 is 0.714 bits per heavy atom. The average molecular weight is 395 g/mol. The zero-order valence-corrected chi connectivity index (χ0v) is 19.7. The topological polar surface area (TPSA) is 24.1 Å². The molecule has 0 amide bonds. The highest BCUT2D eigenvalue weighted by molar-refractivity contribution is 4.81. The first-order chi connectivity index (χ1) is 13.9. The molecule has 0 spiro atoms. The maximum Gasteiger partial charge on any atom is 0.00997 e. The van der Waals surface area contributed by atoms with Gasteiger partial charge in [-0.3, -0.25) is 10.9 Å². The Morgan fingerprint density at radius 3 is 1.11 bits per heavy atom. The van der Waals surface area contributed by atoms with E-state index in [0.717, 1.165) is 13.1 Å². The molecule has 0 unspecified atom stereocenters. The maximum atomic E-state index is 3.38. The summed E-state index contributed by atoms with van der Waals surface area (Å²) < 4.78 is 0. The van der Waals surface area contributed by atoms with Crippen molar-refractivity contribution in [3.63, 3.8) is 0 Å². The minimum atomic E-state index is 1.12. The van der Waals surface area contributed by atoms with Gasteiger partial charge in [-0.2, -0.15) is 0 Å². The molecule has 0 bridgehead atoms. The van der Waals surface area contributed by atoms with Crippen LogP contribution in [0, 0.1) is 0 Å². The summed E-state index contributed by atoms with van der Waals surface area (Å²) in [5.74, 6) is 0. The summed E-state index contributed by atoms with van der Waals surface area (Å²) in [4.78, 5) is 0. The molecule has 0 aromatic rings. The fourth-order valence-electron chi connectivity index (χ4n) is 3.63. The number of nitrogens with one attached hydrogen (secondary N) is 2. The highest BCUT2D eigenvalue weighted by Gasteiger charge is 1.93. The van der Waals surface area contributed by atoms with E-state index >= 15 is 0 Å². The van der Waals surface area contributed by atoms with Gasteiger partial charge in [0.25, 0.3) is 0 Å². The zero-order valence-electron chi connectivity index (χ0n) is 19.7. The van der Waals surface area contributed by atoms with Crippen molar-refractivity contribution < 1.29 is 0 Å². The smallest absolute Gasteiger partial charge is 0.00997 e. The van der Waals surface area contributed by atoms with Crippen molar-refractivity contribution in [3.05, 3.63) is 12.2 Å². The molecular weight excluding hydrogens is 340 g/mol. The fraction of sp³-hybridized carbons (Fsp3) is 0.923. The van der Waals surface area contributed by atoms with Gasteiger partial charge in [-0.15, -0.1) is 0 Å². The molecular formula is C26H54N2. The molecule has 0 saturated heterocycles. The summed E-state index contributed by atoms with van der Waals surface area (Å²) in [6.07, 6.45) is 32.4. The van der Waals surface area contributed by atoms with Crippen LogP contribution < -0.4 is 10.9 Å². The Balaban J connectivity index is 3.03. The molecule has 0 heterocycles.